The number of carboxylic acids is 1. The zero-order valence-corrected chi connectivity index (χ0v) is 9.13. The van der Waals surface area contributed by atoms with Crippen molar-refractivity contribution in [2.75, 3.05) is 0 Å². The van der Waals surface area contributed by atoms with Crippen molar-refractivity contribution in [2.45, 2.75) is 31.8 Å². The van der Waals surface area contributed by atoms with Crippen molar-refractivity contribution < 1.29 is 14.6 Å². The summed E-state index contributed by atoms with van der Waals surface area (Å²) in [6.45, 7) is 0. The molecule has 1 N–H and O–H groups in total. The fourth-order valence-electron chi connectivity index (χ4n) is 2.26. The highest BCUT2D eigenvalue weighted by atomic mass is 16.5. The van der Waals surface area contributed by atoms with E-state index in [-0.39, 0.29) is 18.4 Å². The summed E-state index contributed by atoms with van der Waals surface area (Å²) in [6.07, 6.45) is 3.25. The van der Waals surface area contributed by atoms with E-state index < -0.39 is 5.97 Å². The third-order valence-electron chi connectivity index (χ3n) is 3.00. The molecular formula is C13H16O3. The lowest BCUT2D eigenvalue weighted by Gasteiger charge is -2.13. The first-order chi connectivity index (χ1) is 7.74. The van der Waals surface area contributed by atoms with Gasteiger partial charge < -0.3 is 9.84 Å². The lowest BCUT2D eigenvalue weighted by Crippen LogP contribution is -2.13. The second kappa shape index (κ2) is 5.01. The van der Waals surface area contributed by atoms with Crippen LogP contribution in [-0.4, -0.2) is 17.2 Å². The summed E-state index contributed by atoms with van der Waals surface area (Å²) in [5.74, 6) is 0.458. The minimum Gasteiger partial charge on any atom is -0.490 e. The molecule has 0 saturated heterocycles. The van der Waals surface area contributed by atoms with Gasteiger partial charge in [0.05, 0.1) is 6.10 Å². The number of carbonyl (C=O) groups is 1. The zero-order valence-electron chi connectivity index (χ0n) is 9.13. The van der Waals surface area contributed by atoms with Crippen LogP contribution >= 0.6 is 0 Å². The van der Waals surface area contributed by atoms with E-state index in [1.165, 1.54) is 0 Å². The van der Waals surface area contributed by atoms with Gasteiger partial charge in [-0.05, 0) is 37.3 Å². The second-order valence-electron chi connectivity index (χ2n) is 4.33. The number of ether oxygens (including phenoxy) is 1. The van der Waals surface area contributed by atoms with Crippen LogP contribution in [0.3, 0.4) is 0 Å². The topological polar surface area (TPSA) is 46.5 Å². The second-order valence-corrected chi connectivity index (χ2v) is 4.33. The number of benzene rings is 1. The van der Waals surface area contributed by atoms with Crippen LogP contribution in [0, 0.1) is 5.92 Å². The van der Waals surface area contributed by atoms with Crippen LogP contribution in [0.1, 0.15) is 25.7 Å². The van der Waals surface area contributed by atoms with Crippen molar-refractivity contribution in [3.63, 3.8) is 0 Å². The molecule has 0 unspecified atom stereocenters. The number of hydrogen-bond acceptors (Lipinski definition) is 2. The quantitative estimate of drug-likeness (QED) is 0.848. The van der Waals surface area contributed by atoms with E-state index in [4.69, 9.17) is 9.84 Å². The van der Waals surface area contributed by atoms with Crippen molar-refractivity contribution in [3.8, 4) is 5.75 Å². The van der Waals surface area contributed by atoms with Gasteiger partial charge in [0.25, 0.3) is 0 Å². The number of para-hydroxylation sites is 1. The molecule has 0 radical (unpaired) electrons. The molecule has 1 aliphatic rings. The predicted molar refractivity (Wildman–Crippen MR) is 60.5 cm³/mol. The van der Waals surface area contributed by atoms with Gasteiger partial charge in [-0.2, -0.15) is 0 Å². The highest BCUT2D eigenvalue weighted by Gasteiger charge is 2.27. The van der Waals surface area contributed by atoms with Crippen LogP contribution in [0.5, 0.6) is 5.75 Å². The summed E-state index contributed by atoms with van der Waals surface area (Å²) >= 11 is 0. The van der Waals surface area contributed by atoms with Gasteiger partial charge in [0, 0.05) is 6.42 Å². The molecule has 1 aliphatic carbocycles. The first-order valence-electron chi connectivity index (χ1n) is 5.67. The molecule has 0 amide bonds. The van der Waals surface area contributed by atoms with Crippen molar-refractivity contribution in [1.82, 2.24) is 0 Å². The van der Waals surface area contributed by atoms with E-state index in [1.807, 2.05) is 30.3 Å². The molecule has 0 aliphatic heterocycles. The number of carboxylic acid groups (broad SMARTS) is 1. The molecule has 0 bridgehead atoms. The molecule has 2 rings (SSSR count). The van der Waals surface area contributed by atoms with Gasteiger partial charge in [0.1, 0.15) is 5.75 Å². The maximum atomic E-state index is 10.6. The Morgan fingerprint density at radius 1 is 1.31 bits per heavy atom. The molecule has 1 aromatic rings. The van der Waals surface area contributed by atoms with E-state index in [0.717, 1.165) is 25.0 Å². The highest BCUT2D eigenvalue weighted by Crippen LogP contribution is 2.31. The van der Waals surface area contributed by atoms with Gasteiger partial charge in [-0.15, -0.1) is 0 Å². The molecule has 16 heavy (non-hydrogen) atoms. The van der Waals surface area contributed by atoms with E-state index in [2.05, 4.69) is 0 Å². The van der Waals surface area contributed by atoms with Crippen molar-refractivity contribution in [3.05, 3.63) is 30.3 Å². The number of hydrogen-bond donors (Lipinski definition) is 1. The fraction of sp³-hybridized carbons (Fsp3) is 0.462. The summed E-state index contributed by atoms with van der Waals surface area (Å²) in [7, 11) is 0. The lowest BCUT2D eigenvalue weighted by molar-refractivity contribution is -0.138. The Kier molecular flexibility index (Phi) is 3.44. The molecule has 0 spiro atoms. The van der Waals surface area contributed by atoms with Crippen molar-refractivity contribution in [2.24, 2.45) is 5.92 Å². The van der Waals surface area contributed by atoms with Crippen LogP contribution in [0.25, 0.3) is 0 Å². The SMILES string of the molecule is O=C(O)C[C@@H]1CC[C@@H](Oc2ccccc2)C1. The summed E-state index contributed by atoms with van der Waals surface area (Å²) in [4.78, 5) is 10.6. The van der Waals surface area contributed by atoms with E-state index in [0.29, 0.717) is 0 Å². The van der Waals surface area contributed by atoms with E-state index in [9.17, 15) is 4.79 Å². The highest BCUT2D eigenvalue weighted by molar-refractivity contribution is 5.67. The molecule has 0 aromatic heterocycles. The summed E-state index contributed by atoms with van der Waals surface area (Å²) in [6, 6.07) is 9.71. The average Bonchev–Trinajstić information content (AvgIpc) is 2.66. The third kappa shape index (κ3) is 2.99. The Balaban J connectivity index is 1.83. The number of aliphatic carboxylic acids is 1. The third-order valence-corrected chi connectivity index (χ3v) is 3.00. The van der Waals surface area contributed by atoms with Gasteiger partial charge in [-0.3, -0.25) is 4.79 Å². The molecule has 3 nitrogen and oxygen atoms in total. The summed E-state index contributed by atoms with van der Waals surface area (Å²) in [5.41, 5.74) is 0. The lowest BCUT2D eigenvalue weighted by atomic mass is 10.0. The van der Waals surface area contributed by atoms with Crippen LogP contribution in [0.4, 0.5) is 0 Å². The molecule has 3 heteroatoms. The maximum Gasteiger partial charge on any atom is 0.303 e. The van der Waals surface area contributed by atoms with Crippen molar-refractivity contribution in [1.29, 1.82) is 0 Å². The molecule has 0 heterocycles. The van der Waals surface area contributed by atoms with E-state index in [1.54, 1.807) is 0 Å². The Hall–Kier alpha value is -1.51. The number of rotatable bonds is 4. The van der Waals surface area contributed by atoms with Gasteiger partial charge in [0.2, 0.25) is 0 Å². The van der Waals surface area contributed by atoms with Crippen LogP contribution in [0.2, 0.25) is 0 Å². The minimum absolute atomic E-state index is 0.187. The van der Waals surface area contributed by atoms with Crippen LogP contribution in [0.15, 0.2) is 30.3 Å². The standard InChI is InChI=1S/C13H16O3/c14-13(15)9-10-6-7-12(8-10)16-11-4-2-1-3-5-11/h1-5,10,12H,6-9H2,(H,14,15)/t10-,12-/m1/s1. The molecule has 1 aromatic carbocycles. The fourth-order valence-corrected chi connectivity index (χ4v) is 2.26. The molecule has 1 saturated carbocycles. The summed E-state index contributed by atoms with van der Waals surface area (Å²) < 4.78 is 5.79. The predicted octanol–water partition coefficient (Wildman–Crippen LogP) is 2.71. The first kappa shape index (κ1) is 11.0. The van der Waals surface area contributed by atoms with Crippen molar-refractivity contribution >= 4 is 5.97 Å². The van der Waals surface area contributed by atoms with Crippen LogP contribution < -0.4 is 4.74 Å². The van der Waals surface area contributed by atoms with Gasteiger partial charge in [-0.25, -0.2) is 0 Å². The smallest absolute Gasteiger partial charge is 0.303 e. The maximum absolute atomic E-state index is 10.6. The molecule has 1 fully saturated rings. The molecule has 2 atom stereocenters. The zero-order chi connectivity index (χ0) is 11.4. The largest absolute Gasteiger partial charge is 0.490 e. The molecular weight excluding hydrogens is 204 g/mol. The Bertz CT molecular complexity index is 347. The van der Waals surface area contributed by atoms with Crippen LogP contribution in [-0.2, 0) is 4.79 Å². The molecule has 86 valence electrons. The normalized spacial score (nSPS) is 24.2. The average molecular weight is 220 g/mol. The Morgan fingerprint density at radius 2 is 2.06 bits per heavy atom. The minimum atomic E-state index is -0.703. The first-order valence-corrected chi connectivity index (χ1v) is 5.67. The summed E-state index contributed by atoms with van der Waals surface area (Å²) in [5, 5.41) is 8.71. The Labute approximate surface area is 95.0 Å². The van der Waals surface area contributed by atoms with Gasteiger partial charge >= 0.3 is 5.97 Å². The monoisotopic (exact) mass is 220 g/mol. The van der Waals surface area contributed by atoms with Gasteiger partial charge in [-0.1, -0.05) is 18.2 Å². The van der Waals surface area contributed by atoms with E-state index >= 15 is 0 Å². The Morgan fingerprint density at radius 3 is 2.75 bits per heavy atom. The van der Waals surface area contributed by atoms with Gasteiger partial charge in [0.15, 0.2) is 0 Å².